The first-order valence-corrected chi connectivity index (χ1v) is 8.76. The molecule has 0 spiro atoms. The summed E-state index contributed by atoms with van der Waals surface area (Å²) in [5.41, 5.74) is 3.58. The van der Waals surface area contributed by atoms with E-state index in [1.807, 2.05) is 45.0 Å². The Hall–Kier alpha value is -1.92. The van der Waals surface area contributed by atoms with E-state index in [9.17, 15) is 9.90 Å². The first-order valence-electron chi connectivity index (χ1n) is 7.77. The van der Waals surface area contributed by atoms with Gasteiger partial charge in [0.1, 0.15) is 5.03 Å². The highest BCUT2D eigenvalue weighted by molar-refractivity contribution is 7.99. The van der Waals surface area contributed by atoms with Crippen LogP contribution < -0.4 is 5.11 Å². The van der Waals surface area contributed by atoms with Crippen LogP contribution in [0.15, 0.2) is 29.3 Å². The maximum atomic E-state index is 10.8. The Kier molecular flexibility index (Phi) is 4.60. The van der Waals surface area contributed by atoms with Crippen LogP contribution in [0.2, 0.25) is 0 Å². The predicted octanol–water partition coefficient (Wildman–Crippen LogP) is 2.15. The molecule has 1 aromatic carbocycles. The van der Waals surface area contributed by atoms with Crippen LogP contribution in [0, 0.1) is 6.92 Å². The molecule has 0 fully saturated rings. The van der Waals surface area contributed by atoms with Gasteiger partial charge in [-0.3, -0.25) is 0 Å². The van der Waals surface area contributed by atoms with Crippen LogP contribution in [-0.4, -0.2) is 27.3 Å². The SMILES string of the molecule is Cc1cccc(-c2nc3c(c(SCC(=O)[O-])n2)COC(C)(C)C3)c1. The fourth-order valence-corrected chi connectivity index (χ4v) is 3.44. The van der Waals surface area contributed by atoms with Crippen LogP contribution in [0.1, 0.15) is 30.7 Å². The van der Waals surface area contributed by atoms with Gasteiger partial charge in [0.2, 0.25) is 0 Å². The number of hydrogen-bond donors (Lipinski definition) is 0. The first kappa shape index (κ1) is 16.9. The van der Waals surface area contributed by atoms with Gasteiger partial charge in [0.25, 0.3) is 0 Å². The molecular weight excluding hydrogens is 324 g/mol. The Morgan fingerprint density at radius 2 is 2.17 bits per heavy atom. The second kappa shape index (κ2) is 6.53. The molecule has 0 atom stereocenters. The van der Waals surface area contributed by atoms with Crippen molar-refractivity contribution in [3.8, 4) is 11.4 Å². The molecule has 0 saturated heterocycles. The topological polar surface area (TPSA) is 75.1 Å². The molecule has 2 aromatic rings. The van der Waals surface area contributed by atoms with Gasteiger partial charge >= 0.3 is 0 Å². The zero-order valence-electron chi connectivity index (χ0n) is 14.0. The van der Waals surface area contributed by atoms with E-state index in [1.54, 1.807) is 0 Å². The number of nitrogens with zero attached hydrogens (tertiary/aromatic N) is 2. The van der Waals surface area contributed by atoms with E-state index in [1.165, 1.54) is 0 Å². The highest BCUT2D eigenvalue weighted by atomic mass is 32.2. The highest BCUT2D eigenvalue weighted by Crippen LogP contribution is 2.33. The highest BCUT2D eigenvalue weighted by Gasteiger charge is 2.30. The van der Waals surface area contributed by atoms with Gasteiger partial charge in [-0.15, -0.1) is 0 Å². The lowest BCUT2D eigenvalue weighted by Gasteiger charge is -2.32. The molecular formula is C18H19N2O3S-. The van der Waals surface area contributed by atoms with Crippen molar-refractivity contribution in [2.45, 2.75) is 44.4 Å². The maximum absolute atomic E-state index is 10.8. The van der Waals surface area contributed by atoms with E-state index < -0.39 is 5.97 Å². The van der Waals surface area contributed by atoms with Crippen LogP contribution >= 0.6 is 11.8 Å². The summed E-state index contributed by atoms with van der Waals surface area (Å²) in [4.78, 5) is 20.2. The average Bonchev–Trinajstić information content (AvgIpc) is 2.51. The Morgan fingerprint density at radius 3 is 2.88 bits per heavy atom. The summed E-state index contributed by atoms with van der Waals surface area (Å²) in [6.45, 7) is 6.47. The number of aromatic nitrogens is 2. The molecule has 3 rings (SSSR count). The standard InChI is InChI=1S/C18H20N2O3S/c1-11-5-4-6-12(7-11)16-19-14-8-18(2,3)23-9-13(14)17(20-16)24-10-15(21)22/h4-7H,8-10H2,1-3H3,(H,21,22)/p-1. The molecule has 1 aliphatic heterocycles. The van der Waals surface area contributed by atoms with Gasteiger partial charge in [-0.05, 0) is 26.8 Å². The van der Waals surface area contributed by atoms with Gasteiger partial charge < -0.3 is 14.6 Å². The van der Waals surface area contributed by atoms with Gasteiger partial charge in [0.15, 0.2) is 5.82 Å². The summed E-state index contributed by atoms with van der Waals surface area (Å²) < 4.78 is 5.85. The average molecular weight is 343 g/mol. The van der Waals surface area contributed by atoms with E-state index in [0.717, 1.165) is 34.1 Å². The minimum absolute atomic E-state index is 0.139. The van der Waals surface area contributed by atoms with Crippen LogP contribution in [0.4, 0.5) is 0 Å². The van der Waals surface area contributed by atoms with Gasteiger partial charge in [0.05, 0.1) is 23.9 Å². The molecule has 0 N–H and O–H groups in total. The van der Waals surface area contributed by atoms with Gasteiger partial charge in [-0.1, -0.05) is 35.5 Å². The number of thioether (sulfide) groups is 1. The molecule has 5 nitrogen and oxygen atoms in total. The predicted molar refractivity (Wildman–Crippen MR) is 90.5 cm³/mol. The number of aryl methyl sites for hydroxylation is 1. The molecule has 0 unspecified atom stereocenters. The molecule has 24 heavy (non-hydrogen) atoms. The Balaban J connectivity index is 2.07. The number of benzene rings is 1. The third-order valence-electron chi connectivity index (χ3n) is 3.86. The fraction of sp³-hybridized carbons (Fsp3) is 0.389. The van der Waals surface area contributed by atoms with Crippen molar-refractivity contribution < 1.29 is 14.6 Å². The van der Waals surface area contributed by atoms with Crippen molar-refractivity contribution in [1.29, 1.82) is 0 Å². The molecule has 1 aliphatic rings. The fourth-order valence-electron chi connectivity index (χ4n) is 2.68. The number of rotatable bonds is 4. The minimum atomic E-state index is -1.11. The summed E-state index contributed by atoms with van der Waals surface area (Å²) in [7, 11) is 0. The van der Waals surface area contributed by atoms with Crippen LogP contribution in [0.25, 0.3) is 11.4 Å². The lowest BCUT2D eigenvalue weighted by atomic mass is 9.96. The number of carboxylic acids is 1. The van der Waals surface area contributed by atoms with E-state index >= 15 is 0 Å². The van der Waals surface area contributed by atoms with E-state index in [2.05, 4.69) is 4.98 Å². The quantitative estimate of drug-likeness (QED) is 0.625. The van der Waals surface area contributed by atoms with Crippen LogP contribution in [0.5, 0.6) is 0 Å². The number of aliphatic carboxylic acids is 1. The largest absolute Gasteiger partial charge is 0.549 e. The Morgan fingerprint density at radius 1 is 1.38 bits per heavy atom. The van der Waals surface area contributed by atoms with E-state index in [4.69, 9.17) is 9.72 Å². The monoisotopic (exact) mass is 343 g/mol. The zero-order chi connectivity index (χ0) is 17.3. The molecule has 0 radical (unpaired) electrons. The number of carboxylic acid groups (broad SMARTS) is 1. The number of hydrogen-bond acceptors (Lipinski definition) is 6. The summed E-state index contributed by atoms with van der Waals surface area (Å²) >= 11 is 1.16. The van der Waals surface area contributed by atoms with Gasteiger partial charge in [0, 0.05) is 23.3 Å². The molecule has 6 heteroatoms. The molecule has 1 aromatic heterocycles. The number of carbonyl (C=O) groups is 1. The van der Waals surface area contributed by atoms with Crippen molar-refractivity contribution in [3.05, 3.63) is 41.1 Å². The zero-order valence-corrected chi connectivity index (χ0v) is 14.8. The molecule has 0 aliphatic carbocycles. The molecule has 0 amide bonds. The molecule has 2 heterocycles. The lowest BCUT2D eigenvalue weighted by Crippen LogP contribution is -2.33. The van der Waals surface area contributed by atoms with Gasteiger partial charge in [-0.2, -0.15) is 0 Å². The van der Waals surface area contributed by atoms with Crippen molar-refractivity contribution in [2.24, 2.45) is 0 Å². The van der Waals surface area contributed by atoms with E-state index in [0.29, 0.717) is 23.9 Å². The van der Waals surface area contributed by atoms with Gasteiger partial charge in [-0.25, -0.2) is 9.97 Å². The summed E-state index contributed by atoms with van der Waals surface area (Å²) in [6.07, 6.45) is 0.669. The van der Waals surface area contributed by atoms with Crippen LogP contribution in [-0.2, 0) is 22.6 Å². The van der Waals surface area contributed by atoms with E-state index in [-0.39, 0.29) is 11.4 Å². The third kappa shape index (κ3) is 3.76. The molecule has 0 bridgehead atoms. The normalized spacial score (nSPS) is 15.8. The number of fused-ring (bicyclic) bond motifs is 1. The smallest absolute Gasteiger partial charge is 0.160 e. The molecule has 126 valence electrons. The molecule has 0 saturated carbocycles. The summed E-state index contributed by atoms with van der Waals surface area (Å²) in [5, 5.41) is 11.5. The van der Waals surface area contributed by atoms with Crippen molar-refractivity contribution in [1.82, 2.24) is 9.97 Å². The third-order valence-corrected chi connectivity index (χ3v) is 4.85. The minimum Gasteiger partial charge on any atom is -0.549 e. The maximum Gasteiger partial charge on any atom is 0.160 e. The van der Waals surface area contributed by atoms with Crippen molar-refractivity contribution in [3.63, 3.8) is 0 Å². The Labute approximate surface area is 145 Å². The van der Waals surface area contributed by atoms with Crippen molar-refractivity contribution in [2.75, 3.05) is 5.75 Å². The number of ether oxygens (including phenoxy) is 1. The lowest BCUT2D eigenvalue weighted by molar-refractivity contribution is -0.301. The second-order valence-electron chi connectivity index (χ2n) is 6.53. The summed E-state index contributed by atoms with van der Waals surface area (Å²) in [5.74, 6) is -0.627. The number of carbonyl (C=O) groups excluding carboxylic acids is 1. The summed E-state index contributed by atoms with van der Waals surface area (Å²) in [6, 6.07) is 7.98. The van der Waals surface area contributed by atoms with Crippen molar-refractivity contribution >= 4 is 17.7 Å². The van der Waals surface area contributed by atoms with Crippen LogP contribution in [0.3, 0.4) is 0 Å². The Bertz CT molecular complexity index is 790. The first-order chi connectivity index (χ1) is 11.3. The second-order valence-corrected chi connectivity index (χ2v) is 7.50.